The third kappa shape index (κ3) is 5.70. The van der Waals surface area contributed by atoms with Crippen LogP contribution in [0.1, 0.15) is 24.8 Å². The minimum absolute atomic E-state index is 0.238. The molecule has 4 heteroatoms. The minimum Gasteiger partial charge on any atom is -0.469 e. The van der Waals surface area contributed by atoms with Crippen molar-refractivity contribution in [1.82, 2.24) is 0 Å². The lowest BCUT2D eigenvalue weighted by Crippen LogP contribution is -2.06. The third-order valence-electron chi connectivity index (χ3n) is 2.23. The number of hydrogen-bond acceptors (Lipinski definition) is 4. The van der Waals surface area contributed by atoms with Crippen LogP contribution in [-0.2, 0) is 25.7 Å². The summed E-state index contributed by atoms with van der Waals surface area (Å²) in [5.41, 5.74) is 0.953. The fourth-order valence-electron chi connectivity index (χ4n) is 1.29. The van der Waals surface area contributed by atoms with E-state index in [0.29, 0.717) is 6.42 Å². The van der Waals surface area contributed by atoms with Crippen molar-refractivity contribution < 1.29 is 19.1 Å². The number of carbonyl (C=O) groups is 2. The molecule has 1 rings (SSSR count). The highest BCUT2D eigenvalue weighted by Gasteiger charge is 2.06. The molecule has 0 saturated heterocycles. The van der Waals surface area contributed by atoms with E-state index in [1.165, 1.54) is 7.11 Å². The van der Waals surface area contributed by atoms with Gasteiger partial charge in [0.05, 0.1) is 7.11 Å². The molecule has 0 aromatic heterocycles. The molecule has 0 aliphatic rings. The second-order valence-electron chi connectivity index (χ2n) is 3.58. The maximum Gasteiger partial charge on any atom is 0.306 e. The van der Waals surface area contributed by atoms with E-state index in [1.54, 1.807) is 0 Å². The highest BCUT2D eigenvalue weighted by Crippen LogP contribution is 2.04. The molecule has 0 spiro atoms. The zero-order chi connectivity index (χ0) is 12.5. The first-order valence-corrected chi connectivity index (χ1v) is 5.48. The second-order valence-corrected chi connectivity index (χ2v) is 3.58. The van der Waals surface area contributed by atoms with Gasteiger partial charge in [0.15, 0.2) is 0 Å². The van der Waals surface area contributed by atoms with Crippen molar-refractivity contribution >= 4 is 11.9 Å². The van der Waals surface area contributed by atoms with Gasteiger partial charge in [-0.15, -0.1) is 0 Å². The Morgan fingerprint density at radius 2 is 1.71 bits per heavy atom. The summed E-state index contributed by atoms with van der Waals surface area (Å²) in [7, 11) is 1.33. The van der Waals surface area contributed by atoms with Crippen LogP contribution >= 0.6 is 0 Å². The maximum absolute atomic E-state index is 11.3. The lowest BCUT2D eigenvalue weighted by molar-refractivity contribution is -0.145. The molecule has 1 aromatic rings. The number of hydrogen-bond donors (Lipinski definition) is 0. The van der Waals surface area contributed by atoms with Crippen molar-refractivity contribution in [3.05, 3.63) is 35.9 Å². The van der Waals surface area contributed by atoms with Gasteiger partial charge in [-0.2, -0.15) is 0 Å². The van der Waals surface area contributed by atoms with Crippen LogP contribution in [0.4, 0.5) is 0 Å². The van der Waals surface area contributed by atoms with Gasteiger partial charge < -0.3 is 9.47 Å². The van der Waals surface area contributed by atoms with E-state index < -0.39 is 0 Å². The van der Waals surface area contributed by atoms with Gasteiger partial charge in [0.2, 0.25) is 0 Å². The number of esters is 2. The second kappa shape index (κ2) is 7.44. The van der Waals surface area contributed by atoms with Crippen molar-refractivity contribution in [2.45, 2.75) is 25.9 Å². The SMILES string of the molecule is COC(=O)CCCC(=O)OCc1ccccc1. The summed E-state index contributed by atoms with van der Waals surface area (Å²) in [6.45, 7) is 0.276. The van der Waals surface area contributed by atoms with Gasteiger partial charge in [0, 0.05) is 12.8 Å². The van der Waals surface area contributed by atoms with Gasteiger partial charge in [-0.05, 0) is 12.0 Å². The van der Waals surface area contributed by atoms with E-state index in [4.69, 9.17) is 4.74 Å². The molecule has 92 valence electrons. The summed E-state index contributed by atoms with van der Waals surface area (Å²) >= 11 is 0. The number of carbonyl (C=O) groups excluding carboxylic acids is 2. The van der Waals surface area contributed by atoms with Gasteiger partial charge in [-0.25, -0.2) is 0 Å². The minimum atomic E-state index is -0.305. The van der Waals surface area contributed by atoms with Crippen molar-refractivity contribution in [2.75, 3.05) is 7.11 Å². The first-order valence-electron chi connectivity index (χ1n) is 5.48. The molecule has 0 fully saturated rings. The fraction of sp³-hybridized carbons (Fsp3) is 0.385. The summed E-state index contributed by atoms with van der Waals surface area (Å²) in [4.78, 5) is 22.1. The molecular formula is C13H16O4. The molecule has 0 N–H and O–H groups in total. The van der Waals surface area contributed by atoms with Gasteiger partial charge in [0.25, 0.3) is 0 Å². The Labute approximate surface area is 101 Å². The van der Waals surface area contributed by atoms with Crippen LogP contribution < -0.4 is 0 Å². The van der Waals surface area contributed by atoms with E-state index in [2.05, 4.69) is 4.74 Å². The van der Waals surface area contributed by atoms with Crippen LogP contribution in [0, 0.1) is 0 Å². The highest BCUT2D eigenvalue weighted by atomic mass is 16.5. The largest absolute Gasteiger partial charge is 0.469 e. The Hall–Kier alpha value is -1.84. The third-order valence-corrected chi connectivity index (χ3v) is 2.23. The summed E-state index contributed by atoms with van der Waals surface area (Å²) in [5.74, 6) is -0.599. The first-order chi connectivity index (χ1) is 8.22. The first kappa shape index (κ1) is 13.2. The van der Waals surface area contributed by atoms with Gasteiger partial charge in [0.1, 0.15) is 6.61 Å². The van der Waals surface area contributed by atoms with Crippen molar-refractivity contribution in [3.8, 4) is 0 Å². The van der Waals surface area contributed by atoms with Crippen LogP contribution in [-0.4, -0.2) is 19.0 Å². The van der Waals surface area contributed by atoms with E-state index >= 15 is 0 Å². The summed E-state index contributed by atoms with van der Waals surface area (Å²) in [6, 6.07) is 9.46. The van der Waals surface area contributed by atoms with Crippen LogP contribution in [0.5, 0.6) is 0 Å². The molecule has 0 amide bonds. The van der Waals surface area contributed by atoms with E-state index in [-0.39, 0.29) is 31.4 Å². The summed E-state index contributed by atoms with van der Waals surface area (Å²) < 4.78 is 9.52. The number of methoxy groups -OCH3 is 1. The van der Waals surface area contributed by atoms with Crippen molar-refractivity contribution in [1.29, 1.82) is 0 Å². The molecule has 0 bridgehead atoms. The summed E-state index contributed by atoms with van der Waals surface area (Å²) in [6.07, 6.45) is 0.944. The molecule has 0 heterocycles. The predicted molar refractivity (Wildman–Crippen MR) is 62.1 cm³/mol. The van der Waals surface area contributed by atoms with E-state index in [9.17, 15) is 9.59 Å². The highest BCUT2D eigenvalue weighted by molar-refractivity contribution is 5.72. The van der Waals surface area contributed by atoms with Crippen LogP contribution in [0.3, 0.4) is 0 Å². The molecule has 4 nitrogen and oxygen atoms in total. The number of benzene rings is 1. The predicted octanol–water partition coefficient (Wildman–Crippen LogP) is 2.07. The van der Waals surface area contributed by atoms with E-state index in [1.807, 2.05) is 30.3 Å². The summed E-state index contributed by atoms with van der Waals surface area (Å²) in [5, 5.41) is 0. The average Bonchev–Trinajstić information content (AvgIpc) is 2.37. The van der Waals surface area contributed by atoms with E-state index in [0.717, 1.165) is 5.56 Å². The Morgan fingerprint density at radius 1 is 1.06 bits per heavy atom. The Balaban J connectivity index is 2.16. The van der Waals surface area contributed by atoms with Gasteiger partial charge in [-0.3, -0.25) is 9.59 Å². The van der Waals surface area contributed by atoms with Gasteiger partial charge >= 0.3 is 11.9 Å². The molecule has 0 radical (unpaired) electrons. The molecule has 0 saturated carbocycles. The normalized spacial score (nSPS) is 9.71. The zero-order valence-corrected chi connectivity index (χ0v) is 9.85. The maximum atomic E-state index is 11.3. The van der Waals surface area contributed by atoms with Gasteiger partial charge in [-0.1, -0.05) is 30.3 Å². The zero-order valence-electron chi connectivity index (χ0n) is 9.85. The van der Waals surface area contributed by atoms with Crippen LogP contribution in [0.15, 0.2) is 30.3 Å². The van der Waals surface area contributed by atoms with Crippen molar-refractivity contribution in [2.24, 2.45) is 0 Å². The number of ether oxygens (including phenoxy) is 2. The van der Waals surface area contributed by atoms with Crippen molar-refractivity contribution in [3.63, 3.8) is 0 Å². The monoisotopic (exact) mass is 236 g/mol. The smallest absolute Gasteiger partial charge is 0.306 e. The molecule has 17 heavy (non-hydrogen) atoms. The molecule has 0 aliphatic heterocycles. The Morgan fingerprint density at radius 3 is 2.35 bits per heavy atom. The average molecular weight is 236 g/mol. The lowest BCUT2D eigenvalue weighted by atomic mass is 10.2. The van der Waals surface area contributed by atoms with Crippen LogP contribution in [0.2, 0.25) is 0 Å². The molecule has 0 aliphatic carbocycles. The molecular weight excluding hydrogens is 220 g/mol. The molecule has 0 atom stereocenters. The molecule has 1 aromatic carbocycles. The Bertz CT molecular complexity index is 359. The van der Waals surface area contributed by atoms with Crippen LogP contribution in [0.25, 0.3) is 0 Å². The Kier molecular flexibility index (Phi) is 5.79. The number of rotatable bonds is 6. The topological polar surface area (TPSA) is 52.6 Å². The molecule has 0 unspecified atom stereocenters. The lowest BCUT2D eigenvalue weighted by Gasteiger charge is -2.04. The fourth-order valence-corrected chi connectivity index (χ4v) is 1.29. The quantitative estimate of drug-likeness (QED) is 0.709. The standard InChI is InChI=1S/C13H16O4/c1-16-12(14)8-5-9-13(15)17-10-11-6-3-2-4-7-11/h2-4,6-7H,5,8-10H2,1H3.